The number of rotatable bonds is 52. The number of hydrogen-bond donors (Lipinski definition) is 10. The van der Waals surface area contributed by atoms with E-state index in [0.29, 0.717) is 12.8 Å². The van der Waals surface area contributed by atoms with E-state index in [9.17, 15) is 116 Å². The first-order valence-corrected chi connectivity index (χ1v) is 46.6. The number of ether oxygens (including phenoxy) is 2. The van der Waals surface area contributed by atoms with Crippen molar-refractivity contribution < 1.29 is 161 Å². The summed E-state index contributed by atoms with van der Waals surface area (Å²) >= 11 is 0. The highest BCUT2D eigenvalue weighted by atomic mass is 31.3. The van der Waals surface area contributed by atoms with Crippen LogP contribution in [0.1, 0.15) is 154 Å². The van der Waals surface area contributed by atoms with Crippen molar-refractivity contribution in [2.75, 3.05) is 64.1 Å². The minimum atomic E-state index is -5.99. The van der Waals surface area contributed by atoms with Gasteiger partial charge in [0.15, 0.2) is 35.4 Å². The molecular formula is C66H94N14O34P6-8. The summed E-state index contributed by atoms with van der Waals surface area (Å²) in [6.45, 7) is -0.491. The van der Waals surface area contributed by atoms with Crippen LogP contribution in [0.2, 0.25) is 0 Å². The number of anilines is 2. The molecule has 4 amide bonds. The van der Waals surface area contributed by atoms with Gasteiger partial charge in [-0.3, -0.25) is 56.2 Å². The summed E-state index contributed by atoms with van der Waals surface area (Å²) in [7, 11) is -35.6. The van der Waals surface area contributed by atoms with Crippen LogP contribution >= 0.6 is 46.9 Å². The number of carbonyl (C=O) groups is 6. The summed E-state index contributed by atoms with van der Waals surface area (Å²) in [5.74, 6) is -3.30. The number of amides is 4. The van der Waals surface area contributed by atoms with E-state index < -0.39 is 180 Å². The number of aromatic nitrogens is 8. The molecule has 14 unspecified atom stereocenters. The highest BCUT2D eigenvalue weighted by Crippen LogP contribution is 2.59. The Labute approximate surface area is 685 Å². The van der Waals surface area contributed by atoms with Gasteiger partial charge in [0.05, 0.1) is 54.7 Å². The SMILES string of the molecule is CC(C)(COP(=O)([O-])OP(=O)([O-])OCC1OC(n2cnc3c(N)ncnc32)C(O)C1OP(=O)([O-])[O-])C(O)C(=O)NCCC(=O)NCCC(=O)C1(CCCCCc2ccccc2CCCCCC2(C(=O)CCNC(=O)CCNC(=O)C(O)C(C)(C)COP(=O)([O-])OP(=O)([O-])OCC3OC(n4cnc5c(N)ncnc54)C(O)C3OP(=O)([O-])[O-])CC2)CC1. The van der Waals surface area contributed by atoms with Crippen molar-refractivity contribution in [3.8, 4) is 0 Å². The standard InChI is InChI=1S/C66H102N14O34P6/c1-63(2,33-107-119(101,102)113-117(97,98)105-31-41-51(111-115(91,92)93)49(85)61(109-41)79-37-77-47-55(67)73-35-75-57(47)79)53(87)59(89)71-29-19-45(83)69-27-17-43(81)65(23-24-65)21-11-5-7-13-39-15-9-10-16-40(39)14-8-6-12-22-66(25-26-66)44(82)18-28-70-46(84)20-30-72-60(90)54(88)64(3,4)34-108-120(103,104)114-118(99,100)106-32-42-52(112-116(94,95)96)50(86)62(110-42)80-38-78-48-56(68)74-36-76-58(48)80/h9-10,15-16,35-38,41-42,49-54,61-62,85-88H,5-8,11-14,17-34H2,1-4H3,(H,69,83)(H,70,84)(H,71,89)(H,72,90)(H,97,98)(H,99,100)(H,101,102)(H,103,104)(H2,67,73,75)(H2,68,74,76)(H2,91,92,93)(H2,94,95,96)/p-8. The maximum absolute atomic E-state index is 13.4. The number of aliphatic hydroxyl groups excluding tert-OH is 4. The number of hydrogen-bond acceptors (Lipinski definition) is 42. The summed E-state index contributed by atoms with van der Waals surface area (Å²) in [6, 6.07) is 8.21. The Balaban J connectivity index is 0.582. The van der Waals surface area contributed by atoms with E-state index in [2.05, 4.69) is 99.1 Å². The predicted molar refractivity (Wildman–Crippen MR) is 395 cm³/mol. The summed E-state index contributed by atoms with van der Waals surface area (Å²) in [5, 5.41) is 53.4. The minimum Gasteiger partial charge on any atom is -0.790 e. The van der Waals surface area contributed by atoms with Crippen LogP contribution in [0.4, 0.5) is 11.6 Å². The summed E-state index contributed by atoms with van der Waals surface area (Å²) in [4.78, 5) is 198. The predicted octanol–water partition coefficient (Wildman–Crippen LogP) is -2.85. The Morgan fingerprint density at radius 2 is 0.867 bits per heavy atom. The molecule has 14 atom stereocenters. The average molecular weight is 1810 g/mol. The number of nitrogen functional groups attached to an aromatic ring is 2. The van der Waals surface area contributed by atoms with Gasteiger partial charge in [-0.05, 0) is 75.3 Å². The number of fused-ring (bicyclic) bond motifs is 2. The molecule has 9 rings (SSSR count). The molecule has 4 fully saturated rings. The molecule has 54 heteroatoms. The lowest BCUT2D eigenvalue weighted by Crippen LogP contribution is -2.46. The number of aryl methyl sites for hydroxylation is 2. The third-order valence-electron chi connectivity index (χ3n) is 20.7. The maximum Gasteiger partial charge on any atom is 0.274 e. The van der Waals surface area contributed by atoms with Gasteiger partial charge in [0.25, 0.3) is 31.3 Å². The molecule has 0 radical (unpaired) electrons. The first-order valence-electron chi connectivity index (χ1n) is 37.8. The third kappa shape index (κ3) is 27.6. The zero-order chi connectivity index (χ0) is 88.2. The van der Waals surface area contributed by atoms with Gasteiger partial charge in [0, 0.05) is 73.5 Å². The molecule has 5 aromatic rings. The lowest BCUT2D eigenvalue weighted by molar-refractivity contribution is -0.348. The van der Waals surface area contributed by atoms with Crippen molar-refractivity contribution >= 4 is 116 Å². The Hall–Kier alpha value is -6.36. The number of carbonyl (C=O) groups excluding carboxylic acids is 6. The number of Topliss-reactive ketones (excluding diaryl/α,β-unsaturated/α-hetero) is 2. The van der Waals surface area contributed by atoms with E-state index in [1.54, 1.807) is 0 Å². The van der Waals surface area contributed by atoms with E-state index in [-0.39, 0.29) is 97.4 Å². The van der Waals surface area contributed by atoms with Crippen LogP contribution < -0.4 is 71.9 Å². The number of nitrogens with one attached hydrogen (secondary N) is 4. The lowest BCUT2D eigenvalue weighted by Gasteiger charge is -2.36. The topological polar surface area (TPSA) is 750 Å². The molecule has 4 aliphatic rings. The van der Waals surface area contributed by atoms with Gasteiger partial charge >= 0.3 is 0 Å². The van der Waals surface area contributed by atoms with Crippen LogP contribution in [0.3, 0.4) is 0 Å². The third-order valence-corrected chi connectivity index (χ3v) is 26.7. The molecule has 2 aliphatic heterocycles. The van der Waals surface area contributed by atoms with E-state index in [1.807, 2.05) is 12.1 Å². The van der Waals surface area contributed by atoms with E-state index in [1.165, 1.54) is 38.8 Å². The van der Waals surface area contributed by atoms with Crippen molar-refractivity contribution in [3.05, 3.63) is 60.7 Å². The molecule has 4 aromatic heterocycles. The summed E-state index contributed by atoms with van der Waals surface area (Å²) < 4.78 is 123. The summed E-state index contributed by atoms with van der Waals surface area (Å²) in [5.41, 5.74) is 9.55. The number of imidazole rings is 2. The largest absolute Gasteiger partial charge is 0.790 e. The molecule has 670 valence electrons. The number of unbranched alkanes of at least 4 members (excludes halogenated alkanes) is 4. The van der Waals surface area contributed by atoms with Gasteiger partial charge in [0.1, 0.15) is 84.1 Å². The van der Waals surface area contributed by atoms with Crippen LogP contribution in [-0.4, -0.2) is 196 Å². The summed E-state index contributed by atoms with van der Waals surface area (Å²) in [6.07, 6.45) is -4.37. The van der Waals surface area contributed by atoms with Gasteiger partial charge in [-0.25, -0.2) is 38.5 Å². The van der Waals surface area contributed by atoms with Gasteiger partial charge in [0.2, 0.25) is 23.6 Å². The highest BCUT2D eigenvalue weighted by molar-refractivity contribution is 7.60. The Morgan fingerprint density at radius 3 is 1.22 bits per heavy atom. The van der Waals surface area contributed by atoms with Crippen molar-refractivity contribution in [1.29, 1.82) is 0 Å². The molecule has 12 N–H and O–H groups in total. The first-order chi connectivity index (χ1) is 56.0. The number of ketones is 2. The molecule has 2 aliphatic carbocycles. The van der Waals surface area contributed by atoms with Crippen LogP contribution in [0.25, 0.3) is 22.3 Å². The second kappa shape index (κ2) is 40.7. The number of aliphatic hydroxyl groups is 4. The van der Waals surface area contributed by atoms with Crippen molar-refractivity contribution in [1.82, 2.24) is 60.3 Å². The molecule has 48 nitrogen and oxygen atoms in total. The fourth-order valence-electron chi connectivity index (χ4n) is 13.6. The molecule has 0 bridgehead atoms. The Kier molecular flexibility index (Phi) is 33.1. The molecule has 0 spiro atoms. The fourth-order valence-corrected chi connectivity index (χ4v) is 19.1. The zero-order valence-corrected chi connectivity index (χ0v) is 70.6. The maximum atomic E-state index is 13.4. The minimum absolute atomic E-state index is 0.0187. The molecular weight excluding hydrogens is 1720 g/mol. The van der Waals surface area contributed by atoms with E-state index in [0.717, 1.165) is 111 Å². The number of phosphoric ester groups is 6. The van der Waals surface area contributed by atoms with Gasteiger partial charge in [-0.15, -0.1) is 0 Å². The monoisotopic (exact) mass is 1810 g/mol. The normalized spacial score (nSPS) is 22.9. The van der Waals surface area contributed by atoms with Crippen LogP contribution in [0, 0.1) is 21.7 Å². The number of nitrogens with zero attached hydrogens (tertiary/aromatic N) is 8. The van der Waals surface area contributed by atoms with Crippen molar-refractivity contribution in [2.24, 2.45) is 21.7 Å². The molecule has 2 saturated heterocycles. The number of benzene rings is 1. The lowest BCUT2D eigenvalue weighted by atomic mass is 9.87. The van der Waals surface area contributed by atoms with Crippen molar-refractivity contribution in [2.45, 2.75) is 205 Å². The smallest absolute Gasteiger partial charge is 0.274 e. The van der Waals surface area contributed by atoms with E-state index >= 15 is 0 Å². The second-order valence-corrected chi connectivity index (χ2v) is 38.9. The fraction of sp³-hybridized carbons (Fsp3) is 0.667. The number of nitrogens with two attached hydrogens (primary N) is 2. The zero-order valence-electron chi connectivity index (χ0n) is 65.2. The van der Waals surface area contributed by atoms with Crippen LogP contribution in [-0.2, 0) is 114 Å². The quantitative estimate of drug-likeness (QED) is 0.0138. The van der Waals surface area contributed by atoms with Gasteiger partial charge in [-0.2, -0.15) is 0 Å². The highest BCUT2D eigenvalue weighted by Gasteiger charge is 2.52. The van der Waals surface area contributed by atoms with Crippen LogP contribution in [0.5, 0.6) is 0 Å². The van der Waals surface area contributed by atoms with Gasteiger partial charge < -0.3 is 138 Å². The molecule has 6 heterocycles. The second-order valence-electron chi connectivity index (χ2n) is 30.8. The van der Waals surface area contributed by atoms with E-state index in [4.69, 9.17) is 20.9 Å². The Bertz CT molecular complexity index is 4470. The molecule has 120 heavy (non-hydrogen) atoms. The molecule has 1 aromatic carbocycles. The molecule has 2 saturated carbocycles. The number of phosphoric acid groups is 6. The van der Waals surface area contributed by atoms with Crippen molar-refractivity contribution in [3.63, 3.8) is 0 Å². The van der Waals surface area contributed by atoms with Crippen LogP contribution in [0.15, 0.2) is 49.6 Å². The average Bonchev–Trinajstić information content (AvgIpc) is 1.62. The first kappa shape index (κ1) is 97.4. The Morgan fingerprint density at radius 1 is 0.517 bits per heavy atom. The van der Waals surface area contributed by atoms with Gasteiger partial charge in [-0.1, -0.05) is 77.6 Å².